The van der Waals surface area contributed by atoms with E-state index in [1.54, 1.807) is 0 Å². The average Bonchev–Trinajstić information content (AvgIpc) is 2.50. The van der Waals surface area contributed by atoms with Crippen molar-refractivity contribution in [1.29, 1.82) is 0 Å². The normalized spacial score (nSPS) is 10.7. The number of hydrogen-bond donors (Lipinski definition) is 1. The highest BCUT2D eigenvalue weighted by atomic mass is 127. The lowest BCUT2D eigenvalue weighted by Crippen LogP contribution is -2.26. The van der Waals surface area contributed by atoms with E-state index in [1.165, 1.54) is 34.5 Å². The minimum Gasteiger partial charge on any atom is -0.356 e. The van der Waals surface area contributed by atoms with Gasteiger partial charge in [0.1, 0.15) is 0 Å². The van der Waals surface area contributed by atoms with Gasteiger partial charge in [-0.2, -0.15) is 0 Å². The van der Waals surface area contributed by atoms with Crippen LogP contribution in [0.15, 0.2) is 42.5 Å². The summed E-state index contributed by atoms with van der Waals surface area (Å²) < 4.78 is 1.23. The molecule has 0 aromatic heterocycles. The first-order valence-corrected chi connectivity index (χ1v) is 9.12. The van der Waals surface area contributed by atoms with Crippen molar-refractivity contribution in [3.05, 3.63) is 48.0 Å². The Bertz CT molecular complexity index is 582. The molecule has 1 amide bonds. The number of alkyl halides is 1. The largest absolute Gasteiger partial charge is 0.356 e. The molecule has 3 heteroatoms. The summed E-state index contributed by atoms with van der Waals surface area (Å²) in [5, 5.41) is 5.43. The molecule has 112 valence electrons. The molecule has 0 aliphatic carbocycles. The maximum atomic E-state index is 11.9. The van der Waals surface area contributed by atoms with Gasteiger partial charge in [-0.15, -0.1) is 0 Å². The number of benzene rings is 2. The number of hydrogen-bond acceptors (Lipinski definition) is 1. The topological polar surface area (TPSA) is 29.1 Å². The van der Waals surface area contributed by atoms with Crippen LogP contribution < -0.4 is 5.32 Å². The lowest BCUT2D eigenvalue weighted by Gasteiger charge is -2.06. The molecule has 0 radical (unpaired) electrons. The van der Waals surface area contributed by atoms with E-state index in [1.807, 2.05) is 18.2 Å². The van der Waals surface area contributed by atoms with Crippen LogP contribution in [0.4, 0.5) is 0 Å². The minimum atomic E-state index is 0.124. The van der Waals surface area contributed by atoms with Crippen LogP contribution in [0.5, 0.6) is 0 Å². The maximum absolute atomic E-state index is 11.9. The molecule has 0 saturated heterocycles. The second-order valence-corrected chi connectivity index (χ2v) is 6.39. The first-order valence-electron chi connectivity index (χ1n) is 7.60. The van der Waals surface area contributed by atoms with Gasteiger partial charge in [0.15, 0.2) is 0 Å². The highest BCUT2D eigenvalue weighted by molar-refractivity contribution is 14.1. The van der Waals surface area contributed by atoms with Crippen molar-refractivity contribution >= 4 is 39.3 Å². The smallest absolute Gasteiger partial charge is 0.224 e. The number of amides is 1. The molecule has 2 aromatic carbocycles. The summed E-state index contributed by atoms with van der Waals surface area (Å²) in [6, 6.07) is 14.5. The predicted molar refractivity (Wildman–Crippen MR) is 98.0 cm³/mol. The van der Waals surface area contributed by atoms with Gasteiger partial charge in [-0.1, -0.05) is 77.9 Å². The van der Waals surface area contributed by atoms with Crippen LogP contribution in [-0.2, 0) is 11.2 Å². The number of carbonyl (C=O) groups is 1. The predicted octanol–water partition coefficient (Wildman–Crippen LogP) is 4.49. The van der Waals surface area contributed by atoms with Crippen molar-refractivity contribution in [3.8, 4) is 0 Å². The van der Waals surface area contributed by atoms with Crippen molar-refractivity contribution in [1.82, 2.24) is 5.32 Å². The number of carbonyl (C=O) groups excluding carboxylic acids is 1. The van der Waals surface area contributed by atoms with Gasteiger partial charge in [0.05, 0.1) is 6.42 Å². The number of rotatable bonds is 8. The minimum absolute atomic E-state index is 0.124. The van der Waals surface area contributed by atoms with Crippen LogP contribution in [0.1, 0.15) is 31.2 Å². The SMILES string of the molecule is O=C(Cc1ccc2ccccc2c1)NCCCCCCI. The molecule has 2 aromatic rings. The third kappa shape index (κ3) is 5.65. The lowest BCUT2D eigenvalue weighted by molar-refractivity contribution is -0.120. The summed E-state index contributed by atoms with van der Waals surface area (Å²) in [5.41, 5.74) is 1.08. The van der Waals surface area contributed by atoms with Crippen LogP contribution in [0.2, 0.25) is 0 Å². The van der Waals surface area contributed by atoms with Gasteiger partial charge < -0.3 is 5.32 Å². The van der Waals surface area contributed by atoms with Gasteiger partial charge in [-0.3, -0.25) is 4.79 Å². The molecular weight excluding hydrogens is 373 g/mol. The fourth-order valence-corrected chi connectivity index (χ4v) is 2.94. The summed E-state index contributed by atoms with van der Waals surface area (Å²) in [6.45, 7) is 0.799. The highest BCUT2D eigenvalue weighted by Gasteiger charge is 2.03. The van der Waals surface area contributed by atoms with Crippen LogP contribution in [0.25, 0.3) is 10.8 Å². The van der Waals surface area contributed by atoms with Crippen molar-refractivity contribution in [2.24, 2.45) is 0 Å². The number of nitrogens with one attached hydrogen (secondary N) is 1. The third-order valence-corrected chi connectivity index (χ3v) is 4.32. The zero-order valence-corrected chi connectivity index (χ0v) is 14.4. The molecule has 21 heavy (non-hydrogen) atoms. The first kappa shape index (κ1) is 16.3. The van der Waals surface area contributed by atoms with Gasteiger partial charge in [0, 0.05) is 6.54 Å². The number of halogens is 1. The molecular formula is C18H22INO. The van der Waals surface area contributed by atoms with Gasteiger partial charge >= 0.3 is 0 Å². The van der Waals surface area contributed by atoms with Crippen LogP contribution in [0, 0.1) is 0 Å². The van der Waals surface area contributed by atoms with Crippen LogP contribution >= 0.6 is 22.6 Å². The molecule has 2 nitrogen and oxygen atoms in total. The molecule has 0 heterocycles. The molecule has 0 atom stereocenters. The van der Waals surface area contributed by atoms with Crippen molar-refractivity contribution in [2.75, 3.05) is 11.0 Å². The van der Waals surface area contributed by atoms with E-state index in [0.717, 1.165) is 18.5 Å². The summed E-state index contributed by atoms with van der Waals surface area (Å²) in [7, 11) is 0. The molecule has 0 aliphatic rings. The van der Waals surface area contributed by atoms with Gasteiger partial charge in [-0.25, -0.2) is 0 Å². The lowest BCUT2D eigenvalue weighted by atomic mass is 10.0. The Labute approximate surface area is 140 Å². The van der Waals surface area contributed by atoms with E-state index >= 15 is 0 Å². The monoisotopic (exact) mass is 395 g/mol. The van der Waals surface area contributed by atoms with Crippen molar-refractivity contribution in [3.63, 3.8) is 0 Å². The molecule has 0 saturated carbocycles. The number of unbranched alkanes of at least 4 members (excludes halogenated alkanes) is 3. The van der Waals surface area contributed by atoms with E-state index in [4.69, 9.17) is 0 Å². The Balaban J connectivity index is 1.76. The Morgan fingerprint density at radius 1 is 0.952 bits per heavy atom. The van der Waals surface area contributed by atoms with Gasteiger partial charge in [0.2, 0.25) is 5.91 Å². The van der Waals surface area contributed by atoms with E-state index in [-0.39, 0.29) is 5.91 Å². The van der Waals surface area contributed by atoms with Crippen LogP contribution in [0.3, 0.4) is 0 Å². The summed E-state index contributed by atoms with van der Waals surface area (Å²) in [6.07, 6.45) is 5.31. The molecule has 0 fully saturated rings. The zero-order chi connectivity index (χ0) is 14.9. The molecule has 0 spiro atoms. The maximum Gasteiger partial charge on any atom is 0.224 e. The quantitative estimate of drug-likeness (QED) is 0.398. The van der Waals surface area contributed by atoms with Crippen molar-refractivity contribution < 1.29 is 4.79 Å². The Morgan fingerprint density at radius 3 is 2.52 bits per heavy atom. The summed E-state index contributed by atoms with van der Waals surface area (Å²) in [4.78, 5) is 11.9. The fourth-order valence-electron chi connectivity index (χ4n) is 2.40. The van der Waals surface area contributed by atoms with E-state index in [0.29, 0.717) is 6.42 Å². The third-order valence-electron chi connectivity index (χ3n) is 3.56. The van der Waals surface area contributed by atoms with Crippen molar-refractivity contribution in [2.45, 2.75) is 32.1 Å². The van der Waals surface area contributed by atoms with E-state index < -0.39 is 0 Å². The second-order valence-electron chi connectivity index (χ2n) is 5.31. The van der Waals surface area contributed by atoms with Crippen LogP contribution in [-0.4, -0.2) is 16.9 Å². The Morgan fingerprint density at radius 2 is 1.71 bits per heavy atom. The van der Waals surface area contributed by atoms with Gasteiger partial charge in [0.25, 0.3) is 0 Å². The molecule has 2 rings (SSSR count). The average molecular weight is 395 g/mol. The Kier molecular flexibility index (Phi) is 7.00. The highest BCUT2D eigenvalue weighted by Crippen LogP contribution is 2.15. The summed E-state index contributed by atoms with van der Waals surface area (Å²) in [5.74, 6) is 0.124. The molecule has 0 bridgehead atoms. The zero-order valence-electron chi connectivity index (χ0n) is 12.3. The van der Waals surface area contributed by atoms with Gasteiger partial charge in [-0.05, 0) is 33.6 Å². The van der Waals surface area contributed by atoms with E-state index in [2.05, 4.69) is 52.2 Å². The molecule has 0 aliphatic heterocycles. The van der Waals surface area contributed by atoms with E-state index in [9.17, 15) is 4.79 Å². The molecule has 1 N–H and O–H groups in total. The molecule has 0 unspecified atom stereocenters. The fraction of sp³-hybridized carbons (Fsp3) is 0.389. The number of fused-ring (bicyclic) bond motifs is 1. The first-order chi connectivity index (χ1) is 10.3. The summed E-state index contributed by atoms with van der Waals surface area (Å²) >= 11 is 2.41. The Hall–Kier alpha value is -1.10. The standard InChI is InChI=1S/C18H22INO/c19-11-5-1-2-6-12-20-18(21)14-15-9-10-16-7-3-4-8-17(16)13-15/h3-4,7-10,13H,1-2,5-6,11-12,14H2,(H,20,21). The second kappa shape index (κ2) is 9.03.